The Morgan fingerprint density at radius 1 is 1.24 bits per heavy atom. The fraction of sp³-hybridized carbons (Fsp3) is 0.240. The first-order chi connectivity index (χ1) is 15.9. The predicted molar refractivity (Wildman–Crippen MR) is 133 cm³/mol. The number of nitrogens with zero attached hydrogens (tertiary/aromatic N) is 4. The molecule has 0 atom stereocenters. The summed E-state index contributed by atoms with van der Waals surface area (Å²) in [6.45, 7) is 6.90. The van der Waals surface area contributed by atoms with Gasteiger partial charge in [-0.1, -0.05) is 42.2 Å². The molecule has 7 nitrogen and oxygen atoms in total. The van der Waals surface area contributed by atoms with E-state index in [-0.39, 0.29) is 11.7 Å². The zero-order chi connectivity index (χ0) is 23.5. The fourth-order valence-corrected chi connectivity index (χ4v) is 5.10. The van der Waals surface area contributed by atoms with E-state index in [0.717, 1.165) is 57.2 Å². The zero-order valence-electron chi connectivity index (χ0n) is 18.9. The number of fused-ring (bicyclic) bond motifs is 3. The number of hydrogen-bond donors (Lipinski definition) is 1. The average molecular weight is 460 g/mol. The van der Waals surface area contributed by atoms with Gasteiger partial charge in [0, 0.05) is 37.7 Å². The molecule has 0 saturated heterocycles. The number of benzene rings is 1. The number of allylic oxidation sites excluding steroid dienone is 3. The zero-order valence-corrected chi connectivity index (χ0v) is 19.7. The lowest BCUT2D eigenvalue weighted by molar-refractivity contribution is -0.116. The maximum absolute atomic E-state index is 11.6. The number of aromatic nitrogens is 3. The lowest BCUT2D eigenvalue weighted by Gasteiger charge is -2.14. The Labute approximate surface area is 196 Å². The Kier molecular flexibility index (Phi) is 6.46. The number of Topliss-reactive ketones (excluding diaryl/α,β-unsaturated/α-hetero) is 1. The average Bonchev–Trinajstić information content (AvgIpc) is 3.34. The summed E-state index contributed by atoms with van der Waals surface area (Å²) in [4.78, 5) is 32.9. The third kappa shape index (κ3) is 4.61. The molecule has 0 saturated carbocycles. The van der Waals surface area contributed by atoms with Gasteiger partial charge in [0.25, 0.3) is 0 Å². The number of nitrogens with one attached hydrogen (secondary N) is 1. The first-order valence-corrected chi connectivity index (χ1v) is 11.5. The highest BCUT2D eigenvalue weighted by Gasteiger charge is 2.30. The summed E-state index contributed by atoms with van der Waals surface area (Å²) in [5, 5.41) is 8.39. The maximum atomic E-state index is 11.6. The lowest BCUT2D eigenvalue weighted by Crippen LogP contribution is -2.07. The van der Waals surface area contributed by atoms with E-state index in [0.29, 0.717) is 11.6 Å². The van der Waals surface area contributed by atoms with Crippen LogP contribution in [0, 0.1) is 0 Å². The molecule has 2 heterocycles. The Hall–Kier alpha value is -3.65. The van der Waals surface area contributed by atoms with Crippen LogP contribution in [0.5, 0.6) is 0 Å². The topological polar surface area (TPSA) is 89.2 Å². The van der Waals surface area contributed by atoms with Crippen molar-refractivity contribution in [1.29, 1.82) is 0 Å². The number of thiazole rings is 1. The third-order valence-corrected chi connectivity index (χ3v) is 6.28. The molecule has 1 N–H and O–H groups in total. The van der Waals surface area contributed by atoms with Crippen LogP contribution in [-0.2, 0) is 28.9 Å². The number of carbonyl (C=O) groups excluding carboxylic acids is 2. The molecule has 0 aliphatic heterocycles. The molecule has 8 heteroatoms. The second-order valence-electron chi connectivity index (χ2n) is 7.85. The predicted octanol–water partition coefficient (Wildman–Crippen LogP) is 4.45. The molecule has 1 amide bonds. The number of carbonyl (C=O) groups is 2. The second kappa shape index (κ2) is 9.46. The Morgan fingerprint density at radius 3 is 2.64 bits per heavy atom. The van der Waals surface area contributed by atoms with Crippen LogP contribution in [0.1, 0.15) is 36.4 Å². The van der Waals surface area contributed by atoms with Gasteiger partial charge in [0.2, 0.25) is 5.91 Å². The largest absolute Gasteiger partial charge is 0.302 e. The molecule has 1 aliphatic rings. The van der Waals surface area contributed by atoms with E-state index in [1.807, 2.05) is 35.0 Å². The smallest absolute Gasteiger partial charge is 0.223 e. The minimum Gasteiger partial charge on any atom is -0.302 e. The number of hydrogen-bond acceptors (Lipinski definition) is 6. The number of rotatable bonds is 7. The van der Waals surface area contributed by atoms with Gasteiger partial charge in [0.15, 0.2) is 5.13 Å². The van der Waals surface area contributed by atoms with Crippen LogP contribution < -0.4 is 5.32 Å². The molecule has 33 heavy (non-hydrogen) atoms. The SMILES string of the molecule is C=C/C=C(\C=NC)c1nn(-c2ccc(CC(C)=O)cc2)c2c1CCc1nc(NC(C)=O)sc1-2. The molecule has 0 spiro atoms. The van der Waals surface area contributed by atoms with Gasteiger partial charge >= 0.3 is 0 Å². The van der Waals surface area contributed by atoms with E-state index in [2.05, 4.69) is 21.9 Å². The fourth-order valence-electron chi connectivity index (χ4n) is 3.98. The van der Waals surface area contributed by atoms with E-state index in [4.69, 9.17) is 5.10 Å². The summed E-state index contributed by atoms with van der Waals surface area (Å²) in [7, 11) is 1.73. The van der Waals surface area contributed by atoms with Crippen LogP contribution in [0.3, 0.4) is 0 Å². The number of aryl methyl sites for hydroxylation is 1. The van der Waals surface area contributed by atoms with E-state index in [1.165, 1.54) is 18.3 Å². The minimum absolute atomic E-state index is 0.124. The van der Waals surface area contributed by atoms with Crippen LogP contribution >= 0.6 is 11.3 Å². The molecule has 3 aromatic rings. The molecule has 1 aromatic carbocycles. The van der Waals surface area contributed by atoms with Gasteiger partial charge in [-0.2, -0.15) is 5.10 Å². The van der Waals surface area contributed by atoms with Crippen molar-refractivity contribution < 1.29 is 9.59 Å². The first kappa shape index (κ1) is 22.5. The number of anilines is 1. The van der Waals surface area contributed by atoms with Gasteiger partial charge in [0.05, 0.1) is 27.6 Å². The Balaban J connectivity index is 1.90. The molecule has 0 radical (unpaired) electrons. The summed E-state index contributed by atoms with van der Waals surface area (Å²) >= 11 is 1.46. The molecular formula is C25H25N5O2S. The van der Waals surface area contributed by atoms with Gasteiger partial charge in [-0.25, -0.2) is 9.67 Å². The van der Waals surface area contributed by atoms with E-state index < -0.39 is 0 Å². The first-order valence-electron chi connectivity index (χ1n) is 10.6. The van der Waals surface area contributed by atoms with Crippen molar-refractivity contribution in [1.82, 2.24) is 14.8 Å². The molecule has 4 rings (SSSR count). The highest BCUT2D eigenvalue weighted by atomic mass is 32.1. The van der Waals surface area contributed by atoms with Gasteiger partial charge < -0.3 is 5.32 Å². The molecule has 2 aromatic heterocycles. The lowest BCUT2D eigenvalue weighted by atomic mass is 9.95. The highest BCUT2D eigenvalue weighted by molar-refractivity contribution is 7.19. The van der Waals surface area contributed by atoms with Crippen molar-refractivity contribution >= 4 is 39.9 Å². The molecule has 0 bridgehead atoms. The van der Waals surface area contributed by atoms with Crippen LogP contribution in [0.4, 0.5) is 5.13 Å². The second-order valence-corrected chi connectivity index (χ2v) is 8.85. The summed E-state index contributed by atoms with van der Waals surface area (Å²) in [6, 6.07) is 7.86. The third-order valence-electron chi connectivity index (χ3n) is 5.26. The van der Waals surface area contributed by atoms with E-state index in [1.54, 1.807) is 26.3 Å². The van der Waals surface area contributed by atoms with Crippen molar-refractivity contribution in [2.24, 2.45) is 4.99 Å². The van der Waals surface area contributed by atoms with Crippen LogP contribution in [-0.4, -0.2) is 39.7 Å². The van der Waals surface area contributed by atoms with Crippen LogP contribution in [0.2, 0.25) is 0 Å². The maximum Gasteiger partial charge on any atom is 0.223 e. The van der Waals surface area contributed by atoms with Gasteiger partial charge in [-0.3, -0.25) is 14.6 Å². The summed E-state index contributed by atoms with van der Waals surface area (Å²) in [6.07, 6.45) is 7.36. The van der Waals surface area contributed by atoms with Crippen molar-refractivity contribution in [2.75, 3.05) is 12.4 Å². The molecule has 0 unspecified atom stereocenters. The van der Waals surface area contributed by atoms with E-state index >= 15 is 0 Å². The van der Waals surface area contributed by atoms with Crippen molar-refractivity contribution in [2.45, 2.75) is 33.1 Å². The summed E-state index contributed by atoms with van der Waals surface area (Å²) in [5.74, 6) is -0.0219. The van der Waals surface area contributed by atoms with E-state index in [9.17, 15) is 9.59 Å². The molecular weight excluding hydrogens is 434 g/mol. The minimum atomic E-state index is -0.146. The molecule has 168 valence electrons. The molecule has 0 fully saturated rings. The van der Waals surface area contributed by atoms with Crippen LogP contribution in [0.15, 0.2) is 48.0 Å². The summed E-state index contributed by atoms with van der Waals surface area (Å²) in [5.41, 5.74) is 6.62. The Morgan fingerprint density at radius 2 is 2.00 bits per heavy atom. The van der Waals surface area contributed by atoms with Crippen molar-refractivity contribution in [3.63, 3.8) is 0 Å². The standard InChI is InChI=1S/C25H25N5O2S/c1-5-6-18(14-26-4)22-20-11-12-21-24(33-25(28-21)27-16(3)32)23(20)30(29-22)19-9-7-17(8-10-19)13-15(2)31/h5-10,14H,1,11-13H2,2-4H3,(H,27,28,32)/b18-6+,26-14?. The van der Waals surface area contributed by atoms with Crippen LogP contribution in [0.25, 0.3) is 21.8 Å². The normalized spacial score (nSPS) is 13.0. The van der Waals surface area contributed by atoms with Gasteiger partial charge in [-0.15, -0.1) is 0 Å². The van der Waals surface area contributed by atoms with Gasteiger partial charge in [-0.05, 0) is 37.5 Å². The number of ketones is 1. The highest BCUT2D eigenvalue weighted by Crippen LogP contribution is 2.43. The van der Waals surface area contributed by atoms with Gasteiger partial charge in [0.1, 0.15) is 5.78 Å². The Bertz CT molecular complexity index is 1300. The number of aliphatic imine (C=N–C) groups is 1. The summed E-state index contributed by atoms with van der Waals surface area (Å²) < 4.78 is 1.93. The number of amides is 1. The monoisotopic (exact) mass is 459 g/mol. The van der Waals surface area contributed by atoms with Crippen molar-refractivity contribution in [3.05, 3.63) is 65.5 Å². The van der Waals surface area contributed by atoms with Crippen molar-refractivity contribution in [3.8, 4) is 16.3 Å². The molecule has 1 aliphatic carbocycles. The quantitative estimate of drug-likeness (QED) is 0.417.